The zero-order valence-electron chi connectivity index (χ0n) is 13.7. The number of aliphatic hydroxyl groups is 1. The van der Waals surface area contributed by atoms with E-state index in [-0.39, 0.29) is 5.82 Å². The minimum Gasteiger partial charge on any atom is -0.790 e. The van der Waals surface area contributed by atoms with E-state index in [0.29, 0.717) is 0 Å². The smallest absolute Gasteiger partial charge is 0.351 e. The molecule has 0 saturated carbocycles. The first-order valence-corrected chi connectivity index (χ1v) is 12.0. The highest BCUT2D eigenvalue weighted by Gasteiger charge is 2.44. The lowest BCUT2D eigenvalue weighted by atomic mass is 10.2. The van der Waals surface area contributed by atoms with Gasteiger partial charge in [-0.3, -0.25) is 18.0 Å². The number of rotatable bonds is 8. The fourth-order valence-electron chi connectivity index (χ4n) is 2.13. The van der Waals surface area contributed by atoms with Gasteiger partial charge in [-0.1, -0.05) is 0 Å². The number of aliphatic hydroxyl groups excluding tert-OH is 1. The standard InChI is InChI=1S/C9H15ClN3O13P3/c10-6-7(14)4(24-8(6)13-2-1-5(11)12-9(13)15)3-23-28(19,20)26-29(21,22)25-27(16,17)18/h1-2,4,6-8,14H,3H2,(H,19,20)(H,21,22)(H2,11,12,15)(H2,16,17,18)/p-4/t4-,6-,7-,8-/m1/s1. The second-order valence-electron chi connectivity index (χ2n) is 5.34. The van der Waals surface area contributed by atoms with E-state index in [1.54, 1.807) is 0 Å². The van der Waals surface area contributed by atoms with E-state index in [0.717, 1.165) is 10.8 Å². The van der Waals surface area contributed by atoms with Crippen molar-refractivity contribution < 1.29 is 56.3 Å². The van der Waals surface area contributed by atoms with Crippen LogP contribution in [0.3, 0.4) is 0 Å². The molecule has 1 saturated heterocycles. The molecule has 0 aliphatic carbocycles. The first-order valence-electron chi connectivity index (χ1n) is 7.14. The number of alkyl halides is 1. The lowest BCUT2D eigenvalue weighted by Crippen LogP contribution is -2.33. The minimum atomic E-state index is -6.13. The van der Waals surface area contributed by atoms with Crippen LogP contribution in [-0.4, -0.2) is 38.8 Å². The number of hydrogen-bond donors (Lipinski definition) is 2. The summed E-state index contributed by atoms with van der Waals surface area (Å²) in [6, 6.07) is 1.22. The predicted octanol–water partition coefficient (Wildman–Crippen LogP) is -3.49. The zero-order valence-corrected chi connectivity index (χ0v) is 17.1. The van der Waals surface area contributed by atoms with Gasteiger partial charge in [0.15, 0.2) is 6.23 Å². The lowest BCUT2D eigenvalue weighted by molar-refractivity contribution is -0.339. The quantitative estimate of drug-likeness (QED) is 0.260. The summed E-state index contributed by atoms with van der Waals surface area (Å²) in [5.41, 5.74) is 4.44. The van der Waals surface area contributed by atoms with Crippen LogP contribution < -0.4 is 31.0 Å². The van der Waals surface area contributed by atoms with Crippen LogP contribution in [0, 0.1) is 0 Å². The molecule has 0 bridgehead atoms. The lowest BCUT2D eigenvalue weighted by Gasteiger charge is -2.37. The van der Waals surface area contributed by atoms with Crippen molar-refractivity contribution in [2.45, 2.75) is 23.8 Å². The third-order valence-electron chi connectivity index (χ3n) is 3.22. The predicted molar refractivity (Wildman–Crippen MR) is 83.4 cm³/mol. The monoisotopic (exact) mass is 497 g/mol. The summed E-state index contributed by atoms with van der Waals surface area (Å²) in [7, 11) is -18.0. The highest BCUT2D eigenvalue weighted by Crippen LogP contribution is 2.60. The average Bonchev–Trinajstić information content (AvgIpc) is 2.78. The summed E-state index contributed by atoms with van der Waals surface area (Å²) >= 11 is 5.96. The molecule has 1 aliphatic rings. The molecule has 1 aliphatic heterocycles. The second kappa shape index (κ2) is 8.81. The summed E-state index contributed by atoms with van der Waals surface area (Å²) in [5.74, 6) is -0.106. The van der Waals surface area contributed by atoms with Gasteiger partial charge in [-0.05, 0) is 6.07 Å². The molecule has 2 rings (SSSR count). The third-order valence-corrected chi connectivity index (χ3v) is 7.36. The van der Waals surface area contributed by atoms with Gasteiger partial charge in [0.1, 0.15) is 23.4 Å². The molecule has 0 radical (unpaired) electrons. The van der Waals surface area contributed by atoms with Crippen molar-refractivity contribution in [2.75, 3.05) is 12.3 Å². The van der Waals surface area contributed by atoms with Crippen LogP contribution in [0.4, 0.5) is 5.82 Å². The molecular formula is C9H11ClN3O13P3-4. The van der Waals surface area contributed by atoms with Gasteiger partial charge in [0.05, 0.1) is 14.4 Å². The van der Waals surface area contributed by atoms with Crippen LogP contribution in [0.1, 0.15) is 6.23 Å². The molecule has 1 aromatic heterocycles. The van der Waals surface area contributed by atoms with E-state index in [2.05, 4.69) is 18.1 Å². The number of ether oxygens (including phenoxy) is 1. The summed E-state index contributed by atoms with van der Waals surface area (Å²) in [6.07, 6.45) is -3.29. The molecule has 0 spiro atoms. The zero-order chi connectivity index (χ0) is 22.2. The Morgan fingerprint density at radius 3 is 2.41 bits per heavy atom. The molecule has 2 unspecified atom stereocenters. The van der Waals surface area contributed by atoms with Crippen molar-refractivity contribution in [1.29, 1.82) is 0 Å². The summed E-state index contributed by atoms with van der Waals surface area (Å²) < 4.78 is 49.5. The van der Waals surface area contributed by atoms with Gasteiger partial charge in [0, 0.05) is 6.20 Å². The van der Waals surface area contributed by atoms with Crippen LogP contribution in [0.5, 0.6) is 0 Å². The van der Waals surface area contributed by atoms with Gasteiger partial charge in [-0.2, -0.15) is 4.98 Å². The van der Waals surface area contributed by atoms with Gasteiger partial charge in [0.25, 0.3) is 15.6 Å². The van der Waals surface area contributed by atoms with Crippen molar-refractivity contribution in [1.82, 2.24) is 9.55 Å². The molecule has 3 N–H and O–H groups in total. The van der Waals surface area contributed by atoms with Crippen LogP contribution in [0.2, 0.25) is 0 Å². The van der Waals surface area contributed by atoms with Crippen LogP contribution in [0.25, 0.3) is 0 Å². The fourth-order valence-corrected chi connectivity index (χ4v) is 5.34. The van der Waals surface area contributed by atoms with Crippen molar-refractivity contribution in [3.63, 3.8) is 0 Å². The number of hydrogen-bond acceptors (Lipinski definition) is 15. The molecule has 166 valence electrons. The molecule has 16 nitrogen and oxygen atoms in total. The van der Waals surface area contributed by atoms with Crippen molar-refractivity contribution in [2.24, 2.45) is 0 Å². The molecule has 1 fully saturated rings. The highest BCUT2D eigenvalue weighted by molar-refractivity contribution is 7.64. The molecule has 20 heteroatoms. The SMILES string of the molecule is Nc1ccn([C@@H]2O[C@H](COP(=O)([O-])OP(=O)([O-])OP(=O)([O-])[O-])[C@@H](O)[C@H]2Cl)c(=O)n1. The molecular weight excluding hydrogens is 486 g/mol. The number of anilines is 1. The molecule has 29 heavy (non-hydrogen) atoms. The van der Waals surface area contributed by atoms with Crippen LogP contribution in [-0.2, 0) is 31.6 Å². The molecule has 0 amide bonds. The van der Waals surface area contributed by atoms with Gasteiger partial charge in [-0.15, -0.1) is 11.6 Å². The van der Waals surface area contributed by atoms with Gasteiger partial charge in [0.2, 0.25) is 0 Å². The van der Waals surface area contributed by atoms with E-state index in [1.807, 2.05) is 0 Å². The number of aromatic nitrogens is 2. The van der Waals surface area contributed by atoms with Crippen molar-refractivity contribution >= 4 is 40.9 Å². The average molecular weight is 498 g/mol. The number of nitrogens with zero attached hydrogens (tertiary/aromatic N) is 2. The van der Waals surface area contributed by atoms with Gasteiger partial charge < -0.3 is 44.2 Å². The van der Waals surface area contributed by atoms with E-state index in [4.69, 9.17) is 22.1 Å². The first-order chi connectivity index (χ1) is 13.1. The molecule has 0 aromatic carbocycles. The fraction of sp³-hybridized carbons (Fsp3) is 0.556. The number of nitrogen functional groups attached to an aromatic ring is 1. The van der Waals surface area contributed by atoms with E-state index < -0.39 is 59.6 Å². The normalized spacial score (nSPS) is 29.3. The maximum atomic E-state index is 11.8. The van der Waals surface area contributed by atoms with Gasteiger partial charge >= 0.3 is 5.69 Å². The molecule has 1 aromatic rings. The second-order valence-corrected chi connectivity index (χ2v) is 10.1. The Bertz CT molecular complexity index is 951. The Balaban J connectivity index is 2.05. The third kappa shape index (κ3) is 6.91. The summed E-state index contributed by atoms with van der Waals surface area (Å²) in [6.45, 7) is -1.06. The van der Waals surface area contributed by atoms with E-state index in [1.165, 1.54) is 6.07 Å². The first kappa shape index (κ1) is 24.6. The number of halogens is 1. The Morgan fingerprint density at radius 1 is 1.24 bits per heavy atom. The summed E-state index contributed by atoms with van der Waals surface area (Å²) in [5, 5.41) is 8.73. The number of nitrogens with two attached hydrogens (primary N) is 1. The van der Waals surface area contributed by atoms with Crippen molar-refractivity contribution in [3.8, 4) is 0 Å². The van der Waals surface area contributed by atoms with Crippen molar-refractivity contribution in [3.05, 3.63) is 22.7 Å². The van der Waals surface area contributed by atoms with Gasteiger partial charge in [-0.25, -0.2) is 9.11 Å². The van der Waals surface area contributed by atoms with Crippen LogP contribution >= 0.6 is 35.1 Å². The number of phosphoric acid groups is 3. The maximum Gasteiger partial charge on any atom is 0.351 e. The van der Waals surface area contributed by atoms with E-state index in [9.17, 15) is 43.2 Å². The Hall–Kier alpha value is -0.700. The maximum absolute atomic E-state index is 11.8. The van der Waals surface area contributed by atoms with Crippen LogP contribution in [0.15, 0.2) is 17.1 Å². The highest BCUT2D eigenvalue weighted by atomic mass is 35.5. The summed E-state index contributed by atoms with van der Waals surface area (Å²) in [4.78, 5) is 58.3. The topological polar surface area (TPSA) is 262 Å². The minimum absolute atomic E-state index is 0.106. The molecule has 2 heterocycles. The Kier molecular flexibility index (Phi) is 7.46. The largest absolute Gasteiger partial charge is 0.790 e. The molecule has 6 atom stereocenters. The number of phosphoric ester groups is 1. The Morgan fingerprint density at radius 2 is 1.86 bits per heavy atom. The van der Waals surface area contributed by atoms with E-state index >= 15 is 0 Å². The Labute approximate surface area is 166 Å².